The molecule has 0 radical (unpaired) electrons. The van der Waals surface area contributed by atoms with Gasteiger partial charge in [-0.15, -0.1) is 0 Å². The van der Waals surface area contributed by atoms with Gasteiger partial charge in [-0.05, 0) is 19.1 Å². The van der Waals surface area contributed by atoms with Crippen molar-refractivity contribution >= 4 is 17.9 Å². The number of hydrogen-bond acceptors (Lipinski definition) is 5. The summed E-state index contributed by atoms with van der Waals surface area (Å²) in [5.74, 6) is -1.48. The number of primary amides is 1. The van der Waals surface area contributed by atoms with Gasteiger partial charge in [-0.3, -0.25) is 15.1 Å². The predicted molar refractivity (Wildman–Crippen MR) is 57.0 cm³/mol. The highest BCUT2D eigenvalue weighted by Crippen LogP contribution is 2.01. The number of nitrogens with zero attached hydrogens (tertiary/aromatic N) is 1. The smallest absolute Gasteiger partial charge is 0.340 e. The van der Waals surface area contributed by atoms with Gasteiger partial charge in [0.25, 0.3) is 5.91 Å². The van der Waals surface area contributed by atoms with Crippen LogP contribution in [0, 0.1) is 6.92 Å². The lowest BCUT2D eigenvalue weighted by Crippen LogP contribution is -2.37. The van der Waals surface area contributed by atoms with E-state index in [1.54, 1.807) is 18.3 Å². The number of hydrogen-bond donors (Lipinski definition) is 2. The Bertz CT molecular complexity index is 441. The molecule has 90 valence electrons. The van der Waals surface area contributed by atoms with E-state index in [2.05, 4.69) is 9.72 Å². The molecule has 1 rings (SSSR count). The molecule has 0 unspecified atom stereocenters. The van der Waals surface area contributed by atoms with Crippen molar-refractivity contribution in [3.05, 3.63) is 29.6 Å². The van der Waals surface area contributed by atoms with E-state index in [0.29, 0.717) is 0 Å². The lowest BCUT2D eigenvalue weighted by Gasteiger charge is -2.04. The van der Waals surface area contributed by atoms with Crippen LogP contribution in [0.4, 0.5) is 4.79 Å². The molecule has 17 heavy (non-hydrogen) atoms. The Kier molecular flexibility index (Phi) is 4.15. The molecule has 3 N–H and O–H groups in total. The average Bonchev–Trinajstić information content (AvgIpc) is 2.26. The van der Waals surface area contributed by atoms with E-state index in [0.717, 1.165) is 5.69 Å². The van der Waals surface area contributed by atoms with E-state index in [1.807, 2.05) is 0 Å². The number of pyridine rings is 1. The van der Waals surface area contributed by atoms with Crippen LogP contribution in [-0.2, 0) is 9.53 Å². The Morgan fingerprint density at radius 1 is 1.41 bits per heavy atom. The van der Waals surface area contributed by atoms with Gasteiger partial charge in [-0.25, -0.2) is 9.59 Å². The Labute approximate surface area is 97.0 Å². The van der Waals surface area contributed by atoms with Crippen molar-refractivity contribution in [1.82, 2.24) is 10.3 Å². The van der Waals surface area contributed by atoms with Crippen molar-refractivity contribution in [2.45, 2.75) is 6.92 Å². The van der Waals surface area contributed by atoms with Crippen LogP contribution in [0.5, 0.6) is 0 Å². The molecule has 0 bridgehead atoms. The highest BCUT2D eigenvalue weighted by atomic mass is 16.5. The van der Waals surface area contributed by atoms with Gasteiger partial charge in [0.15, 0.2) is 6.61 Å². The normalized spacial score (nSPS) is 9.47. The van der Waals surface area contributed by atoms with Gasteiger partial charge < -0.3 is 10.5 Å². The minimum absolute atomic E-state index is 0.225. The predicted octanol–water partition coefficient (Wildman–Crippen LogP) is -0.258. The van der Waals surface area contributed by atoms with Crippen LogP contribution in [0.1, 0.15) is 16.1 Å². The van der Waals surface area contributed by atoms with Crippen LogP contribution in [-0.4, -0.2) is 29.5 Å². The number of amides is 3. The van der Waals surface area contributed by atoms with Crippen molar-refractivity contribution in [3.8, 4) is 0 Å². The van der Waals surface area contributed by atoms with Gasteiger partial charge in [0.05, 0.1) is 5.56 Å². The van der Waals surface area contributed by atoms with Gasteiger partial charge in [-0.2, -0.15) is 0 Å². The maximum Gasteiger partial charge on any atom is 0.340 e. The molecular formula is C10H11N3O4. The third-order valence-electron chi connectivity index (χ3n) is 1.74. The number of rotatable bonds is 3. The summed E-state index contributed by atoms with van der Waals surface area (Å²) < 4.78 is 4.63. The number of urea groups is 1. The topological polar surface area (TPSA) is 111 Å². The Hall–Kier alpha value is -2.44. The summed E-state index contributed by atoms with van der Waals surface area (Å²) in [5.41, 5.74) is 5.69. The maximum absolute atomic E-state index is 11.4. The molecule has 1 aromatic rings. The average molecular weight is 237 g/mol. The van der Waals surface area contributed by atoms with Crippen LogP contribution in [0.2, 0.25) is 0 Å². The van der Waals surface area contributed by atoms with Crippen LogP contribution < -0.4 is 11.1 Å². The number of nitrogens with two attached hydrogens (primary N) is 1. The Morgan fingerprint density at radius 3 is 2.65 bits per heavy atom. The molecule has 0 aliphatic rings. The molecule has 7 nitrogen and oxygen atoms in total. The lowest BCUT2D eigenvalue weighted by molar-refractivity contribution is -0.123. The minimum atomic E-state index is -0.997. The number of esters is 1. The van der Waals surface area contributed by atoms with E-state index in [-0.39, 0.29) is 5.56 Å². The highest BCUT2D eigenvalue weighted by Gasteiger charge is 2.11. The monoisotopic (exact) mass is 237 g/mol. The van der Waals surface area contributed by atoms with Gasteiger partial charge in [0, 0.05) is 11.9 Å². The first kappa shape index (κ1) is 12.6. The van der Waals surface area contributed by atoms with Crippen molar-refractivity contribution in [3.63, 3.8) is 0 Å². The van der Waals surface area contributed by atoms with Gasteiger partial charge in [0.1, 0.15) is 0 Å². The molecule has 0 saturated heterocycles. The minimum Gasteiger partial charge on any atom is -0.452 e. The number of aryl methyl sites for hydroxylation is 1. The summed E-state index contributed by atoms with van der Waals surface area (Å²) in [4.78, 5) is 36.5. The molecule has 0 spiro atoms. The number of carbonyl (C=O) groups is 3. The first-order chi connectivity index (χ1) is 7.99. The van der Waals surface area contributed by atoms with Gasteiger partial charge in [0.2, 0.25) is 0 Å². The third kappa shape index (κ3) is 4.29. The molecule has 0 aliphatic carbocycles. The largest absolute Gasteiger partial charge is 0.452 e. The molecule has 0 aliphatic heterocycles. The fourth-order valence-corrected chi connectivity index (χ4v) is 0.976. The van der Waals surface area contributed by atoms with Crippen molar-refractivity contribution in [1.29, 1.82) is 0 Å². The molecule has 3 amide bonds. The molecular weight excluding hydrogens is 226 g/mol. The Balaban J connectivity index is 2.47. The zero-order valence-corrected chi connectivity index (χ0v) is 9.10. The summed E-state index contributed by atoms with van der Waals surface area (Å²) >= 11 is 0. The fourth-order valence-electron chi connectivity index (χ4n) is 0.976. The number of imide groups is 1. The molecule has 0 saturated carbocycles. The quantitative estimate of drug-likeness (QED) is 0.703. The van der Waals surface area contributed by atoms with E-state index in [1.165, 1.54) is 12.3 Å². The van der Waals surface area contributed by atoms with Gasteiger partial charge >= 0.3 is 12.0 Å². The van der Waals surface area contributed by atoms with E-state index < -0.39 is 24.5 Å². The molecule has 7 heteroatoms. The third-order valence-corrected chi connectivity index (χ3v) is 1.74. The van der Waals surface area contributed by atoms with Crippen molar-refractivity contribution < 1.29 is 19.1 Å². The molecule has 1 aromatic heterocycles. The number of ether oxygens (including phenoxy) is 1. The second-order valence-electron chi connectivity index (χ2n) is 3.18. The SMILES string of the molecule is Cc1ccc(C(=O)OCC(=O)NC(N)=O)cn1. The van der Waals surface area contributed by atoms with Crippen LogP contribution >= 0.6 is 0 Å². The second-order valence-corrected chi connectivity index (χ2v) is 3.18. The van der Waals surface area contributed by atoms with E-state index >= 15 is 0 Å². The zero-order chi connectivity index (χ0) is 12.8. The highest BCUT2D eigenvalue weighted by molar-refractivity contribution is 5.96. The summed E-state index contributed by atoms with van der Waals surface area (Å²) in [6, 6.07) is 2.17. The standard InChI is InChI=1S/C10H11N3O4/c1-6-2-3-7(4-12-6)9(15)17-5-8(14)13-10(11)16/h2-4H,5H2,1H3,(H3,11,13,14,16). The second kappa shape index (κ2) is 5.59. The van der Waals surface area contributed by atoms with E-state index in [4.69, 9.17) is 5.73 Å². The van der Waals surface area contributed by atoms with E-state index in [9.17, 15) is 14.4 Å². The van der Waals surface area contributed by atoms with Crippen LogP contribution in [0.25, 0.3) is 0 Å². The number of carbonyl (C=O) groups excluding carboxylic acids is 3. The summed E-state index contributed by atoms with van der Waals surface area (Å²) in [5, 5.41) is 1.77. The molecule has 0 fully saturated rings. The van der Waals surface area contributed by atoms with Crippen molar-refractivity contribution in [2.75, 3.05) is 6.61 Å². The molecule has 0 atom stereocenters. The molecule has 1 heterocycles. The first-order valence-electron chi connectivity index (χ1n) is 4.68. The number of aromatic nitrogens is 1. The summed E-state index contributed by atoms with van der Waals surface area (Å²) in [7, 11) is 0. The van der Waals surface area contributed by atoms with Crippen LogP contribution in [0.3, 0.4) is 0 Å². The lowest BCUT2D eigenvalue weighted by atomic mass is 10.2. The first-order valence-corrected chi connectivity index (χ1v) is 4.68. The molecule has 0 aromatic carbocycles. The number of nitrogens with one attached hydrogen (secondary N) is 1. The zero-order valence-electron chi connectivity index (χ0n) is 9.10. The Morgan fingerprint density at radius 2 is 2.12 bits per heavy atom. The maximum atomic E-state index is 11.4. The van der Waals surface area contributed by atoms with Gasteiger partial charge in [-0.1, -0.05) is 0 Å². The summed E-state index contributed by atoms with van der Waals surface area (Å²) in [6.45, 7) is 1.20. The van der Waals surface area contributed by atoms with Crippen molar-refractivity contribution in [2.24, 2.45) is 5.73 Å². The van der Waals surface area contributed by atoms with Crippen LogP contribution in [0.15, 0.2) is 18.3 Å². The fraction of sp³-hybridized carbons (Fsp3) is 0.200. The summed E-state index contributed by atoms with van der Waals surface area (Å²) in [6.07, 6.45) is 1.34.